The van der Waals surface area contributed by atoms with Crippen LogP contribution in [0.15, 0.2) is 121 Å². The van der Waals surface area contributed by atoms with Crippen molar-refractivity contribution < 1.29 is 57.7 Å². The maximum atomic E-state index is 11.2. The van der Waals surface area contributed by atoms with E-state index in [1.54, 1.807) is 32.7 Å². The Labute approximate surface area is 503 Å². The van der Waals surface area contributed by atoms with Crippen LogP contribution in [0, 0.1) is 36.1 Å². The molecule has 0 atom stereocenters. The second kappa shape index (κ2) is 86.2. The van der Waals surface area contributed by atoms with Gasteiger partial charge in [-0.1, -0.05) is 163 Å². The number of hydrogen-bond donors (Lipinski definition) is 6. The van der Waals surface area contributed by atoms with E-state index in [1.807, 2.05) is 83.5 Å². The Morgan fingerprint density at radius 3 is 1.36 bits per heavy atom. The van der Waals surface area contributed by atoms with Gasteiger partial charge in [0.05, 0.1) is 39.3 Å². The highest BCUT2D eigenvalue weighted by molar-refractivity contribution is 5.81. The molecule has 0 aromatic heterocycles. The van der Waals surface area contributed by atoms with Crippen molar-refractivity contribution in [2.75, 3.05) is 109 Å². The predicted molar refractivity (Wildman–Crippen MR) is 343 cm³/mol. The monoisotopic (exact) mass is 1170 g/mol. The summed E-state index contributed by atoms with van der Waals surface area (Å²) in [5.41, 5.74) is 18.6. The molecule has 4 rings (SSSR count). The number of carbonyl (C=O) groups is 4. The van der Waals surface area contributed by atoms with Crippen LogP contribution in [0.2, 0.25) is 0 Å². The standard InChI is InChI=1S/C13H17NO6.C12H18O5.C8H13N.2C8H11N.C7H8O.C2H6.3CH5N.3CH4/c1-4-10-17-19-12(15)6-8-14(3)9-7-13(16)20-18-11-5-2;1-3-5-14-6-7-15-8-9-16-10-11-17-12(13)4-2;3*1-9-7-8-5-3-2-4-6-8;8-6-7-4-2-1-3-5-7;4*1-2;;;/h6-9H2,1-3H3;4H,2,6-11H2,1H3;2-3,5,9H,4,6-7H2,1H3;2*2-6,9H,7H2,1H3;1-2,4,6H,3,5H2;1-2H3;3*2H2,1H3;3*1H4. The van der Waals surface area contributed by atoms with Gasteiger partial charge < -0.3 is 57.0 Å². The van der Waals surface area contributed by atoms with Crippen molar-refractivity contribution >= 4 is 24.2 Å². The molecule has 2 aliphatic carbocycles. The molecular weight excluding hydrogens is 1060 g/mol. The number of ether oxygens (including phenoxy) is 4. The van der Waals surface area contributed by atoms with E-state index in [-0.39, 0.29) is 41.7 Å². The van der Waals surface area contributed by atoms with Crippen LogP contribution in [0.4, 0.5) is 0 Å². The summed E-state index contributed by atoms with van der Waals surface area (Å²) in [6.07, 6.45) is 25.8. The molecule has 0 unspecified atom stereocenters. The largest absolute Gasteiger partial charge is 0.460 e. The lowest BCUT2D eigenvalue weighted by molar-refractivity contribution is -0.231. The summed E-state index contributed by atoms with van der Waals surface area (Å²) < 4.78 is 19.9. The molecule has 19 heteroatoms. The number of likely N-dealkylation sites (N-methyl/N-ethyl adjacent to an activating group) is 1. The number of rotatable bonds is 25. The third-order valence-corrected chi connectivity index (χ3v) is 8.62. The number of aldehydes is 1. The first kappa shape index (κ1) is 95.2. The summed E-state index contributed by atoms with van der Waals surface area (Å²) in [4.78, 5) is 62.1. The molecule has 2 aromatic rings. The summed E-state index contributed by atoms with van der Waals surface area (Å²) in [6.45, 7) is 18.3. The van der Waals surface area contributed by atoms with Crippen LogP contribution < -0.4 is 33.2 Å². The summed E-state index contributed by atoms with van der Waals surface area (Å²) in [5.74, 6) is 5.90. The second-order valence-electron chi connectivity index (χ2n) is 14.6. The number of nitrogens with one attached hydrogen (secondary N) is 3. The molecule has 0 spiro atoms. The zero-order valence-electron chi connectivity index (χ0n) is 50.2. The van der Waals surface area contributed by atoms with E-state index < -0.39 is 17.9 Å². The highest BCUT2D eigenvalue weighted by atomic mass is 17.2. The van der Waals surface area contributed by atoms with Crippen LogP contribution >= 0.6 is 0 Å². The van der Waals surface area contributed by atoms with Crippen LogP contribution in [-0.4, -0.2) is 138 Å². The van der Waals surface area contributed by atoms with Crippen molar-refractivity contribution in [3.63, 3.8) is 0 Å². The van der Waals surface area contributed by atoms with Gasteiger partial charge >= 0.3 is 17.9 Å². The minimum atomic E-state index is -0.538. The quantitative estimate of drug-likeness (QED) is 0.0103. The first-order valence-electron chi connectivity index (χ1n) is 26.3. The molecule has 9 N–H and O–H groups in total. The second-order valence-corrected chi connectivity index (χ2v) is 14.6. The lowest BCUT2D eigenvalue weighted by atomic mass is 10.1. The van der Waals surface area contributed by atoms with Crippen molar-refractivity contribution in [3.05, 3.63) is 132 Å². The lowest BCUT2D eigenvalue weighted by Crippen LogP contribution is -2.25. The van der Waals surface area contributed by atoms with Crippen LogP contribution in [-0.2, 0) is 70.8 Å². The minimum absolute atomic E-state index is 0. The van der Waals surface area contributed by atoms with Crippen molar-refractivity contribution in [1.29, 1.82) is 0 Å². The molecule has 0 radical (unpaired) electrons. The molecule has 0 aliphatic heterocycles. The molecule has 19 nitrogen and oxygen atoms in total. The normalized spacial score (nSPS) is 9.88. The number of hydrogen-bond acceptors (Lipinski definition) is 19. The summed E-state index contributed by atoms with van der Waals surface area (Å²) in [7, 11) is 12.1. The predicted octanol–water partition coefficient (Wildman–Crippen LogP) is 8.77. The molecule has 0 amide bonds. The Hall–Kier alpha value is -7.06. The molecule has 2 aliphatic rings. The third kappa shape index (κ3) is 79.2. The number of carbonyl (C=O) groups excluding carboxylic acids is 4. The van der Waals surface area contributed by atoms with E-state index in [1.165, 1.54) is 50.7 Å². The van der Waals surface area contributed by atoms with Gasteiger partial charge in [0.25, 0.3) is 0 Å². The molecule has 0 heterocycles. The van der Waals surface area contributed by atoms with Gasteiger partial charge in [0.1, 0.15) is 25.6 Å². The fourth-order valence-electron chi connectivity index (χ4n) is 5.13. The van der Waals surface area contributed by atoms with Gasteiger partial charge in [-0.25, -0.2) is 33.9 Å². The SMILES string of the molecule is C.C.C.C=CC(=O)OCCOCCOCCOC#CC.CC.CC#COOC(=O)CCN(C)CCC(=O)OOC#CC.CN.CN.CN.CNCC1=CC=CCC1.CNCc1ccccc1.CNCc1ccccc1.O=CC1=CC=CCC1. The molecule has 0 saturated carbocycles. The number of nitrogens with two attached hydrogens (primary N) is 3. The van der Waals surface area contributed by atoms with Crippen LogP contribution in [0.5, 0.6) is 0 Å². The van der Waals surface area contributed by atoms with Crippen molar-refractivity contribution in [2.45, 2.75) is 109 Å². The van der Waals surface area contributed by atoms with Crippen molar-refractivity contribution in [2.24, 2.45) is 17.2 Å². The fraction of sp³-hybridized carbons (Fsp3) is 0.500. The maximum absolute atomic E-state index is 11.2. The Morgan fingerprint density at radius 1 is 0.602 bits per heavy atom. The first-order valence-corrected chi connectivity index (χ1v) is 26.3. The topological polar surface area (TPSA) is 260 Å². The average Bonchev–Trinajstić information content (AvgIpc) is 3.51. The van der Waals surface area contributed by atoms with Gasteiger partial charge in [0, 0.05) is 59.6 Å². The van der Waals surface area contributed by atoms with E-state index in [9.17, 15) is 19.2 Å². The molecule has 2 aromatic carbocycles. The van der Waals surface area contributed by atoms with E-state index in [0.717, 1.165) is 50.4 Å². The fourth-order valence-corrected chi connectivity index (χ4v) is 5.13. The highest BCUT2D eigenvalue weighted by Crippen LogP contribution is 2.10. The Balaban J connectivity index is -0.000000113. The zero-order valence-corrected chi connectivity index (χ0v) is 50.2. The van der Waals surface area contributed by atoms with E-state index in [0.29, 0.717) is 46.1 Å². The number of esters is 1. The van der Waals surface area contributed by atoms with E-state index >= 15 is 0 Å². The maximum Gasteiger partial charge on any atom is 0.357 e. The first-order chi connectivity index (χ1) is 39.1. The molecule has 0 saturated heterocycles. The van der Waals surface area contributed by atoms with Gasteiger partial charge in [-0.2, -0.15) is 0 Å². The van der Waals surface area contributed by atoms with Crippen molar-refractivity contribution in [3.8, 4) is 36.1 Å². The van der Waals surface area contributed by atoms with Gasteiger partial charge in [0.2, 0.25) is 0 Å². The minimum Gasteiger partial charge on any atom is -0.460 e. The van der Waals surface area contributed by atoms with E-state index in [2.05, 4.69) is 144 Å². The summed E-state index contributed by atoms with van der Waals surface area (Å²) >= 11 is 0. The van der Waals surface area contributed by atoms with Crippen LogP contribution in [0.25, 0.3) is 0 Å². The third-order valence-electron chi connectivity index (χ3n) is 8.62. The summed E-state index contributed by atoms with van der Waals surface area (Å²) in [5, 5.41) is 9.30. The number of benzene rings is 2. The van der Waals surface area contributed by atoms with Gasteiger partial charge in [-0.05, 0) is 91.7 Å². The number of allylic oxidation sites excluding steroid dienone is 7. The lowest BCUT2D eigenvalue weighted by Gasteiger charge is -2.14. The van der Waals surface area contributed by atoms with Gasteiger partial charge in [0.15, 0.2) is 12.2 Å². The van der Waals surface area contributed by atoms with E-state index in [4.69, 9.17) is 18.9 Å². The molecule has 83 heavy (non-hydrogen) atoms. The molecular formula is C64H111N7O12. The zero-order chi connectivity index (χ0) is 61.4. The molecule has 0 fully saturated rings. The van der Waals surface area contributed by atoms with Crippen LogP contribution in [0.3, 0.4) is 0 Å². The average molecular weight is 1170 g/mol. The Bertz CT molecular complexity index is 1960. The van der Waals surface area contributed by atoms with Crippen LogP contribution in [0.1, 0.15) is 107 Å². The van der Waals surface area contributed by atoms with Crippen molar-refractivity contribution in [1.82, 2.24) is 20.9 Å². The van der Waals surface area contributed by atoms with Gasteiger partial charge in [-0.15, -0.1) is 0 Å². The number of nitrogens with zero attached hydrogens (tertiary/aromatic N) is 1. The summed E-state index contributed by atoms with van der Waals surface area (Å²) in [6, 6.07) is 20.7. The smallest absolute Gasteiger partial charge is 0.357 e. The highest BCUT2D eigenvalue weighted by Gasteiger charge is 2.10. The Kier molecular flexibility index (Phi) is 98.9. The van der Waals surface area contributed by atoms with Gasteiger partial charge in [-0.3, -0.25) is 4.79 Å². The Morgan fingerprint density at radius 2 is 1.01 bits per heavy atom. The molecule has 474 valence electrons. The molecule has 0 bridgehead atoms.